The van der Waals surface area contributed by atoms with Gasteiger partial charge in [-0.1, -0.05) is 24.6 Å². The molecule has 5 rings (SSSR count). The Morgan fingerprint density at radius 3 is 3.00 bits per heavy atom. The molecular formula is C26H29FN2O4S. The first-order chi connectivity index (χ1) is 16.4. The largest absolute Gasteiger partial charge is 0.492 e. The first-order valence-corrected chi connectivity index (χ1v) is 13.1. The molecule has 8 heteroatoms. The Hall–Kier alpha value is -2.71. The predicted octanol–water partition coefficient (Wildman–Crippen LogP) is 4.70. The number of hydrogen-bond donors (Lipinski definition) is 2. The Balaban J connectivity index is 1.37. The van der Waals surface area contributed by atoms with E-state index in [0.717, 1.165) is 44.5 Å². The fourth-order valence-corrected chi connectivity index (χ4v) is 6.09. The molecule has 2 aromatic rings. The van der Waals surface area contributed by atoms with Gasteiger partial charge in [-0.3, -0.25) is 9.11 Å². The number of anilines is 1. The number of hydrogen-bond acceptors (Lipinski definition) is 5. The van der Waals surface area contributed by atoms with Gasteiger partial charge in [-0.2, -0.15) is 0 Å². The number of nitrogens with zero attached hydrogens (tertiary/aromatic N) is 1. The molecule has 2 heterocycles. The van der Waals surface area contributed by atoms with Gasteiger partial charge in [0.1, 0.15) is 17.1 Å². The number of likely N-dealkylation sites (tertiary alicyclic amines) is 1. The zero-order valence-electron chi connectivity index (χ0n) is 19.2. The normalized spacial score (nSPS) is 23.5. The van der Waals surface area contributed by atoms with E-state index in [4.69, 9.17) is 4.74 Å². The van der Waals surface area contributed by atoms with Crippen LogP contribution in [0.15, 0.2) is 40.8 Å². The summed E-state index contributed by atoms with van der Waals surface area (Å²) in [6, 6.07) is 7.94. The van der Waals surface area contributed by atoms with Gasteiger partial charge in [-0.25, -0.2) is 9.18 Å². The molecule has 6 nitrogen and oxygen atoms in total. The first kappa shape index (κ1) is 23.1. The van der Waals surface area contributed by atoms with Gasteiger partial charge < -0.3 is 15.2 Å². The number of ether oxygens (including phenoxy) is 1. The van der Waals surface area contributed by atoms with Crippen LogP contribution in [-0.4, -0.2) is 52.3 Å². The minimum absolute atomic E-state index is 0.00795. The molecule has 3 unspecified atom stereocenters. The van der Waals surface area contributed by atoms with Gasteiger partial charge in [0.25, 0.3) is 0 Å². The van der Waals surface area contributed by atoms with Gasteiger partial charge in [0, 0.05) is 17.4 Å². The van der Waals surface area contributed by atoms with Crippen LogP contribution in [0.1, 0.15) is 53.6 Å². The molecule has 1 saturated heterocycles. The Labute approximate surface area is 201 Å². The number of carboxylic acids is 1. The van der Waals surface area contributed by atoms with E-state index < -0.39 is 16.8 Å². The van der Waals surface area contributed by atoms with Gasteiger partial charge in [0.15, 0.2) is 0 Å². The lowest BCUT2D eigenvalue weighted by molar-refractivity contribution is 0.0692. The zero-order chi connectivity index (χ0) is 23.8. The molecule has 2 N–H and O–H groups in total. The second kappa shape index (κ2) is 9.50. The van der Waals surface area contributed by atoms with Crippen LogP contribution in [0, 0.1) is 11.7 Å². The van der Waals surface area contributed by atoms with Crippen LogP contribution in [0.3, 0.4) is 0 Å². The molecule has 180 valence electrons. The maximum atomic E-state index is 14.1. The van der Waals surface area contributed by atoms with Crippen molar-refractivity contribution in [2.45, 2.75) is 37.0 Å². The van der Waals surface area contributed by atoms with Gasteiger partial charge >= 0.3 is 5.97 Å². The van der Waals surface area contributed by atoms with Crippen LogP contribution in [0.25, 0.3) is 6.08 Å². The van der Waals surface area contributed by atoms with Crippen molar-refractivity contribution in [3.8, 4) is 5.75 Å². The van der Waals surface area contributed by atoms with Crippen LogP contribution in [-0.2, 0) is 10.8 Å². The molecule has 0 amide bonds. The summed E-state index contributed by atoms with van der Waals surface area (Å²) in [4.78, 5) is 14.9. The minimum atomic E-state index is -1.51. The Kier molecular flexibility index (Phi) is 6.44. The molecule has 3 aliphatic rings. The highest BCUT2D eigenvalue weighted by molar-refractivity contribution is 7.85. The fourth-order valence-electron chi connectivity index (χ4n) is 5.05. The molecule has 0 radical (unpaired) electrons. The molecular weight excluding hydrogens is 455 g/mol. The monoisotopic (exact) mass is 484 g/mol. The van der Waals surface area contributed by atoms with E-state index in [-0.39, 0.29) is 17.3 Å². The molecule has 0 bridgehead atoms. The second-order valence-electron chi connectivity index (χ2n) is 9.25. The molecule has 2 aromatic carbocycles. The number of fused-ring (bicyclic) bond motifs is 3. The van der Waals surface area contributed by atoms with Crippen molar-refractivity contribution >= 4 is 28.5 Å². The van der Waals surface area contributed by atoms with E-state index in [1.54, 1.807) is 12.1 Å². The van der Waals surface area contributed by atoms with E-state index in [1.165, 1.54) is 17.7 Å². The predicted molar refractivity (Wildman–Crippen MR) is 130 cm³/mol. The standard InChI is InChI=1S/C26H29FN2O4S/c1-2-29-9-3-4-16(13-29)10-17-11-19(27)5-8-23(17)34(32)15-28-22-7-6-20-21-12-18(21)14-33-25(20)24(22)26(30)31/h5-8,10-11,18,21,28H,2-4,9,12-15H2,1H3,(H,30,31). The van der Waals surface area contributed by atoms with Crippen molar-refractivity contribution < 1.29 is 23.2 Å². The van der Waals surface area contributed by atoms with Gasteiger partial charge in [-0.15, -0.1) is 0 Å². The Morgan fingerprint density at radius 1 is 1.35 bits per heavy atom. The van der Waals surface area contributed by atoms with Crippen molar-refractivity contribution in [1.29, 1.82) is 0 Å². The summed E-state index contributed by atoms with van der Waals surface area (Å²) in [6.45, 7) is 5.50. The van der Waals surface area contributed by atoms with Crippen LogP contribution in [0.4, 0.5) is 10.1 Å². The topological polar surface area (TPSA) is 78.9 Å². The number of piperidine rings is 1. The number of rotatable bonds is 7. The van der Waals surface area contributed by atoms with E-state index in [2.05, 4.69) is 17.1 Å². The molecule has 1 saturated carbocycles. The number of halogens is 1. The zero-order valence-corrected chi connectivity index (χ0v) is 20.0. The number of likely N-dealkylation sites (N-methyl/N-ethyl adjacent to an activating group) is 1. The fraction of sp³-hybridized carbons (Fsp3) is 0.423. The maximum absolute atomic E-state index is 14.1. The molecule has 34 heavy (non-hydrogen) atoms. The molecule has 0 spiro atoms. The van der Waals surface area contributed by atoms with Crippen molar-refractivity contribution in [2.75, 3.05) is 37.4 Å². The third-order valence-corrected chi connectivity index (χ3v) is 8.25. The molecule has 2 aliphatic heterocycles. The van der Waals surface area contributed by atoms with Crippen LogP contribution in [0.5, 0.6) is 5.75 Å². The lowest BCUT2D eigenvalue weighted by Gasteiger charge is -2.27. The van der Waals surface area contributed by atoms with Crippen LogP contribution >= 0.6 is 0 Å². The summed E-state index contributed by atoms with van der Waals surface area (Å²) in [5, 5.41) is 12.9. The number of carboxylic acid groups (broad SMARTS) is 1. The Morgan fingerprint density at radius 2 is 2.21 bits per heavy atom. The summed E-state index contributed by atoms with van der Waals surface area (Å²) in [7, 11) is -1.51. The Bertz CT molecular complexity index is 1180. The van der Waals surface area contributed by atoms with Crippen LogP contribution in [0.2, 0.25) is 0 Å². The third-order valence-electron chi connectivity index (χ3n) is 6.98. The summed E-state index contributed by atoms with van der Waals surface area (Å²) in [5.41, 5.74) is 3.22. The van der Waals surface area contributed by atoms with Gasteiger partial charge in [0.05, 0.1) is 29.0 Å². The first-order valence-electron chi connectivity index (χ1n) is 11.8. The quantitative estimate of drug-likeness (QED) is 0.593. The van der Waals surface area contributed by atoms with Crippen molar-refractivity contribution in [3.05, 3.63) is 58.4 Å². The average molecular weight is 485 g/mol. The molecule has 3 atom stereocenters. The average Bonchev–Trinajstić information content (AvgIpc) is 3.62. The van der Waals surface area contributed by atoms with E-state index in [1.807, 2.05) is 12.1 Å². The third kappa shape index (κ3) is 4.61. The van der Waals surface area contributed by atoms with Crippen molar-refractivity contribution in [1.82, 2.24) is 4.90 Å². The lowest BCUT2D eigenvalue weighted by atomic mass is 10.00. The summed E-state index contributed by atoms with van der Waals surface area (Å²) in [5.74, 6) is -0.153. The second-order valence-corrected chi connectivity index (χ2v) is 10.7. The highest BCUT2D eigenvalue weighted by atomic mass is 32.2. The van der Waals surface area contributed by atoms with E-state index in [0.29, 0.717) is 40.3 Å². The van der Waals surface area contributed by atoms with E-state index >= 15 is 0 Å². The van der Waals surface area contributed by atoms with Crippen LogP contribution < -0.4 is 10.1 Å². The van der Waals surface area contributed by atoms with Crippen molar-refractivity contribution in [2.24, 2.45) is 5.92 Å². The highest BCUT2D eigenvalue weighted by Gasteiger charge is 2.45. The SMILES string of the molecule is CCN1CCCC(=Cc2cc(F)ccc2S(=O)CNc2ccc3c(c2C(=O)O)OCC2CC32)C1. The van der Waals surface area contributed by atoms with E-state index in [9.17, 15) is 18.5 Å². The van der Waals surface area contributed by atoms with Crippen molar-refractivity contribution in [3.63, 3.8) is 0 Å². The maximum Gasteiger partial charge on any atom is 0.341 e. The number of benzene rings is 2. The lowest BCUT2D eigenvalue weighted by Crippen LogP contribution is -2.30. The summed E-state index contributed by atoms with van der Waals surface area (Å²) in [6.07, 6.45) is 4.98. The number of carbonyl (C=O) groups is 1. The molecule has 2 fully saturated rings. The summed E-state index contributed by atoms with van der Waals surface area (Å²) >= 11 is 0. The number of aromatic carboxylic acids is 1. The van der Waals surface area contributed by atoms with Gasteiger partial charge in [0.2, 0.25) is 0 Å². The molecule has 0 aromatic heterocycles. The molecule has 1 aliphatic carbocycles. The number of nitrogens with one attached hydrogen (secondary N) is 1. The van der Waals surface area contributed by atoms with Gasteiger partial charge in [-0.05, 0) is 73.7 Å². The smallest absolute Gasteiger partial charge is 0.341 e. The summed E-state index contributed by atoms with van der Waals surface area (Å²) < 4.78 is 33.1. The highest BCUT2D eigenvalue weighted by Crippen LogP contribution is 2.55. The minimum Gasteiger partial charge on any atom is -0.492 e.